The van der Waals surface area contributed by atoms with E-state index in [0.717, 1.165) is 12.1 Å². The topological polar surface area (TPSA) is 26.0 Å². The number of fused-ring (bicyclic) bond motifs is 9. The van der Waals surface area contributed by atoms with Gasteiger partial charge in [0.1, 0.15) is 0 Å². The van der Waals surface area contributed by atoms with Gasteiger partial charge in [-0.05, 0) is 53.9 Å². The molecule has 1 aromatic rings. The lowest BCUT2D eigenvalue weighted by molar-refractivity contribution is 0.228. The Bertz CT molecular complexity index is 972. The van der Waals surface area contributed by atoms with Crippen LogP contribution in [0.5, 0.6) is 0 Å². The molecule has 2 N–H and O–H groups in total. The van der Waals surface area contributed by atoms with Crippen molar-refractivity contribution in [3.05, 3.63) is 89.1 Å². The molecule has 5 aliphatic carbocycles. The van der Waals surface area contributed by atoms with Gasteiger partial charge in [-0.3, -0.25) is 0 Å². The molecule has 0 aliphatic heterocycles. The summed E-state index contributed by atoms with van der Waals surface area (Å²) in [6.45, 7) is 0. The van der Waals surface area contributed by atoms with Crippen LogP contribution in [-0.2, 0) is 5.41 Å². The molecule has 1 nitrogen and oxygen atoms in total. The van der Waals surface area contributed by atoms with Crippen LogP contribution in [0.3, 0.4) is 0 Å². The highest BCUT2D eigenvalue weighted by Gasteiger charge is 2.62. The van der Waals surface area contributed by atoms with Gasteiger partial charge in [0, 0.05) is 22.9 Å². The summed E-state index contributed by atoms with van der Waals surface area (Å²) in [7, 11) is 0. The molecule has 5 atom stereocenters. The number of benzene rings is 1. The standard InChI is InChI=1S/C27H29N/c28-25-17-9-13-21-20-11-4-2-6-15-24(20)27(26(21)25)22-14-5-1-3-10-18(22)19-12-7-8-16-23(19)27/h1,3,5,7-9,12-14,16-17,19-20,23-24H,2,4,6,10-11,15,28H2. The third-order valence-corrected chi connectivity index (χ3v) is 8.25. The van der Waals surface area contributed by atoms with Crippen LogP contribution in [0, 0.1) is 17.8 Å². The predicted molar refractivity (Wildman–Crippen MR) is 117 cm³/mol. The second-order valence-electron chi connectivity index (χ2n) is 9.28. The summed E-state index contributed by atoms with van der Waals surface area (Å²) in [5.41, 5.74) is 14.1. The molecule has 1 aromatic carbocycles. The molecular weight excluding hydrogens is 338 g/mol. The quantitative estimate of drug-likeness (QED) is 0.530. The number of nitrogens with two attached hydrogens (primary N) is 1. The maximum absolute atomic E-state index is 6.80. The Hall–Kier alpha value is -2.28. The van der Waals surface area contributed by atoms with E-state index < -0.39 is 0 Å². The number of allylic oxidation sites excluding steroid dienone is 10. The van der Waals surface area contributed by atoms with Crippen LogP contribution in [0.2, 0.25) is 0 Å². The fourth-order valence-electron chi connectivity index (χ4n) is 7.45. The van der Waals surface area contributed by atoms with Gasteiger partial charge in [-0.25, -0.2) is 0 Å². The average molecular weight is 368 g/mol. The van der Waals surface area contributed by atoms with Crippen molar-refractivity contribution >= 4 is 5.69 Å². The monoisotopic (exact) mass is 367 g/mol. The zero-order valence-corrected chi connectivity index (χ0v) is 16.5. The van der Waals surface area contributed by atoms with Crippen molar-refractivity contribution in [2.75, 3.05) is 5.73 Å². The summed E-state index contributed by atoms with van der Waals surface area (Å²) in [6.07, 6.45) is 26.7. The van der Waals surface area contributed by atoms with Crippen LogP contribution in [0.25, 0.3) is 0 Å². The molecular formula is C27H29N. The van der Waals surface area contributed by atoms with Gasteiger partial charge in [-0.15, -0.1) is 0 Å². The Morgan fingerprint density at radius 1 is 0.929 bits per heavy atom. The van der Waals surface area contributed by atoms with Gasteiger partial charge >= 0.3 is 0 Å². The largest absolute Gasteiger partial charge is 0.398 e. The lowest BCUT2D eigenvalue weighted by atomic mass is 9.59. The first-order chi connectivity index (χ1) is 13.8. The zero-order chi connectivity index (χ0) is 18.7. The highest BCUT2D eigenvalue weighted by molar-refractivity contribution is 5.69. The summed E-state index contributed by atoms with van der Waals surface area (Å²) < 4.78 is 0. The number of hydrogen-bond donors (Lipinski definition) is 1. The molecule has 1 saturated carbocycles. The third kappa shape index (κ3) is 1.98. The Morgan fingerprint density at radius 3 is 2.79 bits per heavy atom. The molecule has 5 unspecified atom stereocenters. The van der Waals surface area contributed by atoms with Crippen molar-refractivity contribution in [2.24, 2.45) is 17.8 Å². The maximum Gasteiger partial charge on any atom is 0.0358 e. The Morgan fingerprint density at radius 2 is 1.82 bits per heavy atom. The van der Waals surface area contributed by atoms with Gasteiger partial charge in [0.25, 0.3) is 0 Å². The SMILES string of the molecule is Nc1cccc2c1C1(C3=C(CC=CC=C3)C3C=CC=CC31)C1CCCCCC21. The first-order valence-electron chi connectivity index (χ1n) is 11.1. The van der Waals surface area contributed by atoms with Gasteiger partial charge in [-0.1, -0.05) is 85.6 Å². The summed E-state index contributed by atoms with van der Waals surface area (Å²) in [5, 5.41) is 0. The molecule has 0 saturated heterocycles. The fraction of sp³-hybridized carbons (Fsp3) is 0.407. The van der Waals surface area contributed by atoms with E-state index >= 15 is 0 Å². The molecule has 1 spiro atoms. The number of nitrogen functional groups attached to an aromatic ring is 1. The minimum Gasteiger partial charge on any atom is -0.398 e. The van der Waals surface area contributed by atoms with E-state index in [2.05, 4.69) is 66.8 Å². The van der Waals surface area contributed by atoms with Gasteiger partial charge < -0.3 is 5.73 Å². The fourth-order valence-corrected chi connectivity index (χ4v) is 7.45. The molecule has 1 heteroatoms. The Balaban J connectivity index is 1.69. The van der Waals surface area contributed by atoms with Gasteiger partial charge in [0.15, 0.2) is 0 Å². The minimum atomic E-state index is 0.0550. The van der Waals surface area contributed by atoms with Gasteiger partial charge in [0.2, 0.25) is 0 Å². The number of hydrogen-bond acceptors (Lipinski definition) is 1. The molecule has 1 fully saturated rings. The molecule has 0 heterocycles. The molecule has 0 bridgehead atoms. The number of anilines is 1. The summed E-state index contributed by atoms with van der Waals surface area (Å²) in [6, 6.07) is 6.75. The molecule has 0 amide bonds. The number of rotatable bonds is 0. The lowest BCUT2D eigenvalue weighted by Gasteiger charge is -2.43. The second-order valence-corrected chi connectivity index (χ2v) is 9.28. The van der Waals surface area contributed by atoms with Crippen molar-refractivity contribution < 1.29 is 0 Å². The van der Waals surface area contributed by atoms with Crippen molar-refractivity contribution in [3.8, 4) is 0 Å². The van der Waals surface area contributed by atoms with E-state index in [1.165, 1.54) is 37.7 Å². The van der Waals surface area contributed by atoms with Crippen molar-refractivity contribution in [2.45, 2.75) is 49.9 Å². The van der Waals surface area contributed by atoms with E-state index in [4.69, 9.17) is 5.73 Å². The van der Waals surface area contributed by atoms with Crippen LogP contribution < -0.4 is 5.73 Å². The third-order valence-electron chi connectivity index (χ3n) is 8.25. The lowest BCUT2D eigenvalue weighted by Crippen LogP contribution is -2.40. The van der Waals surface area contributed by atoms with Gasteiger partial charge in [0.05, 0.1) is 0 Å². The van der Waals surface area contributed by atoms with Crippen LogP contribution in [0.1, 0.15) is 55.6 Å². The van der Waals surface area contributed by atoms with E-state index in [1.807, 2.05) is 0 Å². The maximum atomic E-state index is 6.80. The zero-order valence-electron chi connectivity index (χ0n) is 16.5. The highest BCUT2D eigenvalue weighted by Crippen LogP contribution is 2.69. The van der Waals surface area contributed by atoms with E-state index in [-0.39, 0.29) is 5.41 Å². The molecule has 5 aliphatic rings. The van der Waals surface area contributed by atoms with Crippen LogP contribution in [0.4, 0.5) is 5.69 Å². The van der Waals surface area contributed by atoms with E-state index in [1.54, 1.807) is 16.7 Å². The van der Waals surface area contributed by atoms with Crippen LogP contribution in [-0.4, -0.2) is 0 Å². The summed E-state index contributed by atoms with van der Waals surface area (Å²) >= 11 is 0. The van der Waals surface area contributed by atoms with Crippen molar-refractivity contribution in [1.29, 1.82) is 0 Å². The molecule has 0 aromatic heterocycles. The average Bonchev–Trinajstić information content (AvgIpc) is 2.95. The summed E-state index contributed by atoms with van der Waals surface area (Å²) in [4.78, 5) is 0. The van der Waals surface area contributed by atoms with Gasteiger partial charge in [-0.2, -0.15) is 0 Å². The van der Waals surface area contributed by atoms with E-state index in [0.29, 0.717) is 23.7 Å². The van der Waals surface area contributed by atoms with Crippen LogP contribution >= 0.6 is 0 Å². The normalized spacial score (nSPS) is 37.4. The first-order valence-corrected chi connectivity index (χ1v) is 11.1. The first kappa shape index (κ1) is 16.7. The Kier molecular flexibility index (Phi) is 3.63. The molecule has 28 heavy (non-hydrogen) atoms. The van der Waals surface area contributed by atoms with Crippen LogP contribution in [0.15, 0.2) is 78.0 Å². The van der Waals surface area contributed by atoms with E-state index in [9.17, 15) is 0 Å². The Labute approximate surface area is 168 Å². The smallest absolute Gasteiger partial charge is 0.0358 e. The molecule has 6 rings (SSSR count). The summed E-state index contributed by atoms with van der Waals surface area (Å²) in [5.74, 6) is 2.36. The minimum absolute atomic E-state index is 0.0550. The van der Waals surface area contributed by atoms with Crippen molar-refractivity contribution in [1.82, 2.24) is 0 Å². The molecule has 142 valence electrons. The highest BCUT2D eigenvalue weighted by atomic mass is 14.7. The predicted octanol–water partition coefficient (Wildman–Crippen LogP) is 6.37. The van der Waals surface area contributed by atoms with Crippen molar-refractivity contribution in [3.63, 3.8) is 0 Å². The second kappa shape index (κ2) is 6.11. The molecule has 0 radical (unpaired) electrons.